The lowest BCUT2D eigenvalue weighted by Crippen LogP contribution is -2.56. The number of amides is 1. The monoisotopic (exact) mass is 281 g/mol. The van der Waals surface area contributed by atoms with Gasteiger partial charge < -0.3 is 10.6 Å². The Kier molecular flexibility index (Phi) is 4.02. The summed E-state index contributed by atoms with van der Waals surface area (Å²) in [4.78, 5) is 16.7. The van der Waals surface area contributed by atoms with Crippen LogP contribution in [0, 0.1) is 0 Å². The van der Waals surface area contributed by atoms with Crippen molar-refractivity contribution < 1.29 is 4.79 Å². The summed E-state index contributed by atoms with van der Waals surface area (Å²) in [7, 11) is 2.09. The maximum Gasteiger partial charge on any atom is 0.256 e. The van der Waals surface area contributed by atoms with Gasteiger partial charge in [0.05, 0.1) is 5.56 Å². The third-order valence-electron chi connectivity index (χ3n) is 3.89. The maximum absolute atomic E-state index is 12.5. The number of hydrogen-bond donors (Lipinski definition) is 1. The first-order valence-electron chi connectivity index (χ1n) is 6.46. The van der Waals surface area contributed by atoms with E-state index in [0.29, 0.717) is 41.4 Å². The molecule has 1 aromatic carbocycles. The minimum Gasteiger partial charge on any atom is -0.398 e. The molecule has 0 spiro atoms. The molecule has 0 saturated carbocycles. The fourth-order valence-electron chi connectivity index (χ4n) is 2.45. The van der Waals surface area contributed by atoms with Gasteiger partial charge in [-0.1, -0.05) is 11.6 Å². The van der Waals surface area contributed by atoms with Gasteiger partial charge >= 0.3 is 0 Å². The summed E-state index contributed by atoms with van der Waals surface area (Å²) in [5.74, 6) is -0.0354. The van der Waals surface area contributed by atoms with Crippen LogP contribution in [-0.4, -0.2) is 47.9 Å². The van der Waals surface area contributed by atoms with Crippen molar-refractivity contribution in [2.24, 2.45) is 0 Å². The van der Waals surface area contributed by atoms with Crippen molar-refractivity contribution in [3.8, 4) is 0 Å². The lowest BCUT2D eigenvalue weighted by atomic mass is 10.1. The number of halogens is 1. The minimum absolute atomic E-state index is 0.0354. The van der Waals surface area contributed by atoms with E-state index in [1.807, 2.05) is 4.90 Å². The number of nitrogens with zero attached hydrogens (tertiary/aromatic N) is 2. The van der Waals surface area contributed by atoms with Crippen LogP contribution >= 0.6 is 11.6 Å². The Bertz CT molecular complexity index is 480. The minimum atomic E-state index is -0.0354. The number of nitrogen functional groups attached to an aromatic ring is 1. The van der Waals surface area contributed by atoms with E-state index >= 15 is 0 Å². The maximum atomic E-state index is 12.5. The SMILES string of the molecule is CC1CN(C(=O)c2cc(Cl)ccc2N)CC(C)N1C. The van der Waals surface area contributed by atoms with Crippen LogP contribution in [0.3, 0.4) is 0 Å². The first kappa shape index (κ1) is 14.2. The van der Waals surface area contributed by atoms with Crippen molar-refractivity contribution in [3.63, 3.8) is 0 Å². The average Bonchev–Trinajstić information content (AvgIpc) is 2.37. The van der Waals surface area contributed by atoms with E-state index in [0.717, 1.165) is 0 Å². The normalized spacial score (nSPS) is 24.5. The molecule has 1 aliphatic heterocycles. The molecule has 1 aliphatic rings. The van der Waals surface area contributed by atoms with Crippen molar-refractivity contribution >= 4 is 23.2 Å². The Balaban J connectivity index is 2.22. The topological polar surface area (TPSA) is 49.6 Å². The molecule has 0 aromatic heterocycles. The third-order valence-corrected chi connectivity index (χ3v) is 4.13. The summed E-state index contributed by atoms with van der Waals surface area (Å²) in [6.07, 6.45) is 0. The molecule has 0 bridgehead atoms. The van der Waals surface area contributed by atoms with Crippen LogP contribution < -0.4 is 5.73 Å². The number of rotatable bonds is 1. The molecule has 0 aliphatic carbocycles. The van der Waals surface area contributed by atoms with Gasteiger partial charge in [0.2, 0.25) is 0 Å². The van der Waals surface area contributed by atoms with Gasteiger partial charge in [0.25, 0.3) is 5.91 Å². The second kappa shape index (κ2) is 5.39. The zero-order chi connectivity index (χ0) is 14.2. The van der Waals surface area contributed by atoms with E-state index in [1.165, 1.54) is 0 Å². The van der Waals surface area contributed by atoms with Crippen molar-refractivity contribution in [1.29, 1.82) is 0 Å². The van der Waals surface area contributed by atoms with Crippen LogP contribution in [0.4, 0.5) is 5.69 Å². The molecule has 0 radical (unpaired) electrons. The number of carbonyl (C=O) groups is 1. The Labute approximate surface area is 119 Å². The number of benzene rings is 1. The largest absolute Gasteiger partial charge is 0.398 e. The van der Waals surface area contributed by atoms with Gasteiger partial charge in [-0.25, -0.2) is 0 Å². The number of likely N-dealkylation sites (N-methyl/N-ethyl adjacent to an activating group) is 1. The molecular weight excluding hydrogens is 262 g/mol. The third kappa shape index (κ3) is 2.85. The molecule has 5 heteroatoms. The smallest absolute Gasteiger partial charge is 0.256 e. The van der Waals surface area contributed by atoms with E-state index in [9.17, 15) is 4.79 Å². The van der Waals surface area contributed by atoms with Crippen molar-refractivity contribution in [2.45, 2.75) is 25.9 Å². The molecular formula is C14H20ClN3O. The van der Waals surface area contributed by atoms with Gasteiger partial charge in [-0.2, -0.15) is 0 Å². The highest BCUT2D eigenvalue weighted by Gasteiger charge is 2.30. The predicted molar refractivity (Wildman–Crippen MR) is 78.5 cm³/mol. The van der Waals surface area contributed by atoms with E-state index in [4.69, 9.17) is 17.3 Å². The molecule has 1 aromatic rings. The molecule has 1 fully saturated rings. The van der Waals surface area contributed by atoms with Crippen LogP contribution in [0.5, 0.6) is 0 Å². The van der Waals surface area contributed by atoms with Crippen LogP contribution in [0.15, 0.2) is 18.2 Å². The summed E-state index contributed by atoms with van der Waals surface area (Å²) in [5.41, 5.74) is 6.85. The van der Waals surface area contributed by atoms with Gasteiger partial charge in [-0.05, 0) is 39.1 Å². The molecule has 1 heterocycles. The zero-order valence-corrected chi connectivity index (χ0v) is 12.3. The summed E-state index contributed by atoms with van der Waals surface area (Å²) in [6, 6.07) is 5.70. The first-order chi connectivity index (χ1) is 8.90. The van der Waals surface area contributed by atoms with Gasteiger partial charge in [-0.15, -0.1) is 0 Å². The molecule has 1 saturated heterocycles. The Morgan fingerprint density at radius 2 is 1.89 bits per heavy atom. The van der Waals surface area contributed by atoms with Crippen LogP contribution in [-0.2, 0) is 0 Å². The lowest BCUT2D eigenvalue weighted by molar-refractivity contribution is 0.0415. The van der Waals surface area contributed by atoms with Crippen molar-refractivity contribution in [1.82, 2.24) is 9.80 Å². The number of nitrogens with two attached hydrogens (primary N) is 1. The second-order valence-electron chi connectivity index (χ2n) is 5.31. The van der Waals surface area contributed by atoms with Gasteiger partial charge in [0.15, 0.2) is 0 Å². The molecule has 4 nitrogen and oxygen atoms in total. The standard InChI is InChI=1S/C14H20ClN3O/c1-9-7-18(8-10(2)17(9)3)14(19)12-6-11(15)4-5-13(12)16/h4-6,9-10H,7-8,16H2,1-3H3. The average molecular weight is 282 g/mol. The highest BCUT2D eigenvalue weighted by atomic mass is 35.5. The Morgan fingerprint density at radius 1 is 1.32 bits per heavy atom. The van der Waals surface area contributed by atoms with Gasteiger partial charge in [0, 0.05) is 35.9 Å². The molecule has 2 N–H and O–H groups in total. The summed E-state index contributed by atoms with van der Waals surface area (Å²) in [5, 5.41) is 0.535. The number of hydrogen-bond acceptors (Lipinski definition) is 3. The molecule has 1 amide bonds. The van der Waals surface area contributed by atoms with E-state index in [2.05, 4.69) is 25.8 Å². The van der Waals surface area contributed by atoms with Gasteiger partial charge in [0.1, 0.15) is 0 Å². The first-order valence-corrected chi connectivity index (χ1v) is 6.84. The van der Waals surface area contributed by atoms with E-state index in [1.54, 1.807) is 18.2 Å². The second-order valence-corrected chi connectivity index (χ2v) is 5.74. The van der Waals surface area contributed by atoms with Crippen LogP contribution in [0.25, 0.3) is 0 Å². The Hall–Kier alpha value is -1.26. The molecule has 2 atom stereocenters. The number of piperazine rings is 1. The fraction of sp³-hybridized carbons (Fsp3) is 0.500. The Morgan fingerprint density at radius 3 is 2.47 bits per heavy atom. The molecule has 2 unspecified atom stereocenters. The van der Waals surface area contributed by atoms with Crippen molar-refractivity contribution in [3.05, 3.63) is 28.8 Å². The molecule has 19 heavy (non-hydrogen) atoms. The summed E-state index contributed by atoms with van der Waals surface area (Å²) in [6.45, 7) is 5.67. The molecule has 2 rings (SSSR count). The van der Waals surface area contributed by atoms with E-state index in [-0.39, 0.29) is 5.91 Å². The fourth-order valence-corrected chi connectivity index (χ4v) is 2.63. The van der Waals surface area contributed by atoms with Crippen LogP contribution in [0.1, 0.15) is 24.2 Å². The van der Waals surface area contributed by atoms with Crippen molar-refractivity contribution in [2.75, 3.05) is 25.9 Å². The highest BCUT2D eigenvalue weighted by Crippen LogP contribution is 2.22. The summed E-state index contributed by atoms with van der Waals surface area (Å²) < 4.78 is 0. The van der Waals surface area contributed by atoms with Gasteiger partial charge in [-0.3, -0.25) is 9.69 Å². The van der Waals surface area contributed by atoms with E-state index < -0.39 is 0 Å². The zero-order valence-electron chi connectivity index (χ0n) is 11.6. The number of anilines is 1. The lowest BCUT2D eigenvalue weighted by Gasteiger charge is -2.42. The van der Waals surface area contributed by atoms with Crippen LogP contribution in [0.2, 0.25) is 5.02 Å². The number of carbonyl (C=O) groups excluding carboxylic acids is 1. The predicted octanol–water partition coefficient (Wildman–Crippen LogP) is 2.09. The quantitative estimate of drug-likeness (QED) is 0.802. The molecule has 104 valence electrons. The summed E-state index contributed by atoms with van der Waals surface area (Å²) >= 11 is 5.95. The highest BCUT2D eigenvalue weighted by molar-refractivity contribution is 6.31.